The Hall–Kier alpha value is -2.57. The molecule has 0 heterocycles. The average Bonchev–Trinajstić information content (AvgIpc) is 2.66. The molecule has 7 heteroatoms. The minimum atomic E-state index is 0.363. The normalized spacial score (nSPS) is 10.4. The molecule has 0 amide bonds. The van der Waals surface area contributed by atoms with Crippen LogP contribution in [-0.2, 0) is 6.61 Å². The first-order valence-electron chi connectivity index (χ1n) is 7.91. The standard InChI is InChI=1S/C19H20ClN3O2S/c1-3-10-21-19(26)23-22-12-14-8-9-17(18(11-14)24-2)25-13-15-6-4-5-7-16(15)20/h3-9,11-12H,1,10,13H2,2H3,(H2,21,23,26)/p+1. The Bertz CT molecular complexity index is 796. The second-order valence-corrected chi connectivity index (χ2v) is 6.02. The molecular weight excluding hydrogens is 370 g/mol. The van der Waals surface area contributed by atoms with Crippen LogP contribution in [0.4, 0.5) is 0 Å². The summed E-state index contributed by atoms with van der Waals surface area (Å²) >= 11 is 11.2. The maximum absolute atomic E-state index is 6.15. The lowest BCUT2D eigenvalue weighted by atomic mass is 10.2. The first-order valence-corrected chi connectivity index (χ1v) is 8.70. The third kappa shape index (κ3) is 6.06. The van der Waals surface area contributed by atoms with Crippen molar-refractivity contribution >= 4 is 35.1 Å². The smallest absolute Gasteiger partial charge is 0.224 e. The molecule has 0 spiro atoms. The van der Waals surface area contributed by atoms with Gasteiger partial charge >= 0.3 is 0 Å². The molecule has 26 heavy (non-hydrogen) atoms. The second-order valence-electron chi connectivity index (χ2n) is 5.20. The molecule has 0 bridgehead atoms. The number of thiocarbonyl (C=S) groups is 1. The topological polar surface area (TPSA) is 56.5 Å². The van der Waals surface area contributed by atoms with Gasteiger partial charge < -0.3 is 14.8 Å². The molecule has 2 rings (SSSR count). The van der Waals surface area contributed by atoms with Crippen molar-refractivity contribution in [1.29, 1.82) is 0 Å². The van der Waals surface area contributed by atoms with Gasteiger partial charge in [-0.25, -0.2) is 0 Å². The third-order valence-electron chi connectivity index (χ3n) is 3.36. The van der Waals surface area contributed by atoms with E-state index >= 15 is 0 Å². The van der Waals surface area contributed by atoms with Gasteiger partial charge in [-0.15, -0.1) is 17.1 Å². The summed E-state index contributed by atoms with van der Waals surface area (Å²) in [5.41, 5.74) is 4.66. The summed E-state index contributed by atoms with van der Waals surface area (Å²) < 4.78 is 11.2. The summed E-state index contributed by atoms with van der Waals surface area (Å²) in [6.45, 7) is 4.58. The molecule has 0 aliphatic heterocycles. The summed E-state index contributed by atoms with van der Waals surface area (Å²) in [5.74, 6) is 1.26. The molecular formula is C19H21ClN3O2S+. The van der Waals surface area contributed by atoms with E-state index in [-0.39, 0.29) is 0 Å². The van der Waals surface area contributed by atoms with E-state index in [2.05, 4.69) is 22.4 Å². The van der Waals surface area contributed by atoms with Crippen molar-refractivity contribution in [3.63, 3.8) is 0 Å². The van der Waals surface area contributed by atoms with Gasteiger partial charge in [0.2, 0.25) is 5.11 Å². The van der Waals surface area contributed by atoms with Crippen molar-refractivity contribution in [2.45, 2.75) is 6.61 Å². The monoisotopic (exact) mass is 390 g/mol. The van der Waals surface area contributed by atoms with E-state index < -0.39 is 0 Å². The Morgan fingerprint density at radius 1 is 1.27 bits per heavy atom. The van der Waals surface area contributed by atoms with E-state index in [9.17, 15) is 0 Å². The largest absolute Gasteiger partial charge is 0.493 e. The zero-order valence-electron chi connectivity index (χ0n) is 14.4. The number of hydrogen-bond donors (Lipinski definition) is 3. The van der Waals surface area contributed by atoms with Gasteiger partial charge in [0.05, 0.1) is 7.11 Å². The highest BCUT2D eigenvalue weighted by Crippen LogP contribution is 2.29. The molecule has 0 aromatic heterocycles. The molecule has 0 unspecified atom stereocenters. The predicted molar refractivity (Wildman–Crippen MR) is 109 cm³/mol. The van der Waals surface area contributed by atoms with E-state index in [1.54, 1.807) is 19.4 Å². The Morgan fingerprint density at radius 2 is 2.08 bits per heavy atom. The van der Waals surface area contributed by atoms with Crippen LogP contribution in [0.2, 0.25) is 5.02 Å². The van der Waals surface area contributed by atoms with E-state index in [0.717, 1.165) is 11.1 Å². The first-order chi connectivity index (χ1) is 12.6. The Morgan fingerprint density at radius 3 is 2.81 bits per heavy atom. The lowest BCUT2D eigenvalue weighted by Gasteiger charge is -2.11. The first kappa shape index (κ1) is 19.8. The van der Waals surface area contributed by atoms with Crippen LogP contribution >= 0.6 is 23.8 Å². The van der Waals surface area contributed by atoms with Gasteiger partial charge in [0.25, 0.3) is 0 Å². The maximum atomic E-state index is 6.15. The number of methoxy groups -OCH3 is 1. The number of nitrogens with one attached hydrogen (secondary N) is 3. The molecule has 5 nitrogen and oxygen atoms in total. The van der Waals surface area contributed by atoms with E-state index in [1.807, 2.05) is 42.5 Å². The summed E-state index contributed by atoms with van der Waals surface area (Å²) in [5, 5.41) is 7.02. The van der Waals surface area contributed by atoms with Crippen molar-refractivity contribution < 1.29 is 14.6 Å². The molecule has 0 aliphatic carbocycles. The maximum Gasteiger partial charge on any atom is 0.224 e. The Balaban J connectivity index is 1.99. The molecule has 2 aromatic rings. The Kier molecular flexibility index (Phi) is 7.92. The minimum Gasteiger partial charge on any atom is -0.493 e. The molecule has 3 N–H and O–H groups in total. The Labute approximate surface area is 163 Å². The van der Waals surface area contributed by atoms with Gasteiger partial charge in [0.15, 0.2) is 17.7 Å². The lowest BCUT2D eigenvalue weighted by molar-refractivity contribution is -0.500. The van der Waals surface area contributed by atoms with E-state index in [0.29, 0.717) is 34.8 Å². The molecule has 0 saturated heterocycles. The van der Waals surface area contributed by atoms with Gasteiger partial charge in [-0.1, -0.05) is 35.9 Å². The summed E-state index contributed by atoms with van der Waals surface area (Å²) in [7, 11) is 1.60. The van der Waals surface area contributed by atoms with Crippen molar-refractivity contribution in [3.05, 3.63) is 71.3 Å². The highest BCUT2D eigenvalue weighted by molar-refractivity contribution is 7.80. The molecule has 136 valence electrons. The molecule has 0 aliphatic rings. The number of hydrogen-bond acceptors (Lipinski definition) is 3. The number of hydrazone groups is 1. The number of rotatable bonds is 8. The SMILES string of the molecule is C=CCNC(=S)N[NH+]=Cc1ccc(OCc2ccccc2Cl)c(OC)c1. The minimum absolute atomic E-state index is 0.363. The average molecular weight is 391 g/mol. The van der Waals surface area contributed by atoms with Crippen molar-refractivity contribution in [3.8, 4) is 11.5 Å². The van der Waals surface area contributed by atoms with Gasteiger partial charge in [0.1, 0.15) is 6.61 Å². The van der Waals surface area contributed by atoms with Crippen LogP contribution in [0.5, 0.6) is 11.5 Å². The van der Waals surface area contributed by atoms with Crippen molar-refractivity contribution in [2.24, 2.45) is 0 Å². The highest BCUT2D eigenvalue weighted by atomic mass is 35.5. The van der Waals surface area contributed by atoms with Crippen LogP contribution in [0.3, 0.4) is 0 Å². The fourth-order valence-electron chi connectivity index (χ4n) is 2.06. The fraction of sp³-hybridized carbons (Fsp3) is 0.158. The number of hydrazine groups is 1. The zero-order chi connectivity index (χ0) is 18.8. The van der Waals surface area contributed by atoms with E-state index in [1.165, 1.54) is 0 Å². The van der Waals surface area contributed by atoms with Crippen LogP contribution in [0, 0.1) is 0 Å². The van der Waals surface area contributed by atoms with Crippen LogP contribution in [-0.4, -0.2) is 25.0 Å². The molecule has 0 atom stereocenters. The van der Waals surface area contributed by atoms with Gasteiger partial charge in [0, 0.05) is 22.7 Å². The molecule has 0 saturated carbocycles. The number of benzene rings is 2. The fourth-order valence-corrected chi connectivity index (χ4v) is 2.39. The zero-order valence-corrected chi connectivity index (χ0v) is 16.0. The van der Waals surface area contributed by atoms with Crippen LogP contribution in [0.15, 0.2) is 55.1 Å². The lowest BCUT2D eigenvalue weighted by Crippen LogP contribution is -2.82. The molecule has 2 aromatic carbocycles. The van der Waals surface area contributed by atoms with Gasteiger partial charge in [-0.3, -0.25) is 0 Å². The van der Waals surface area contributed by atoms with Gasteiger partial charge in [-0.05, 0) is 36.5 Å². The second kappa shape index (κ2) is 10.4. The van der Waals surface area contributed by atoms with E-state index in [4.69, 9.17) is 33.3 Å². The van der Waals surface area contributed by atoms with Crippen LogP contribution in [0.25, 0.3) is 0 Å². The highest BCUT2D eigenvalue weighted by Gasteiger charge is 2.08. The van der Waals surface area contributed by atoms with Crippen molar-refractivity contribution in [2.75, 3.05) is 13.7 Å². The summed E-state index contributed by atoms with van der Waals surface area (Å²) in [6, 6.07) is 13.2. The number of halogens is 1. The molecule has 0 fully saturated rings. The quantitative estimate of drug-likeness (QED) is 0.278. The third-order valence-corrected chi connectivity index (χ3v) is 3.98. The summed E-state index contributed by atoms with van der Waals surface area (Å²) in [4.78, 5) is 0. The van der Waals surface area contributed by atoms with Gasteiger partial charge in [-0.2, -0.15) is 0 Å². The van der Waals surface area contributed by atoms with Crippen molar-refractivity contribution in [1.82, 2.24) is 10.7 Å². The van der Waals surface area contributed by atoms with Crippen LogP contribution in [0.1, 0.15) is 11.1 Å². The van der Waals surface area contributed by atoms with Crippen LogP contribution < -0.4 is 25.3 Å². The predicted octanol–water partition coefficient (Wildman–Crippen LogP) is 1.99. The number of ether oxygens (including phenoxy) is 2. The summed E-state index contributed by atoms with van der Waals surface area (Å²) in [6.07, 6.45) is 3.49. The molecule has 0 radical (unpaired) electrons.